The van der Waals surface area contributed by atoms with Crippen molar-refractivity contribution in [3.8, 4) is 5.75 Å². The summed E-state index contributed by atoms with van der Waals surface area (Å²) in [5.74, 6) is 0.0162. The number of anilines is 1. The first-order valence-electron chi connectivity index (χ1n) is 8.10. The molecule has 0 aliphatic carbocycles. The SMILES string of the molecule is CC(CC(=O)Nc1ccc(Br)cc1)=NNC(=O)COc1ccc(Br)cc1C. The third kappa shape index (κ3) is 7.52. The van der Waals surface area contributed by atoms with Gasteiger partial charge >= 0.3 is 0 Å². The monoisotopic (exact) mass is 495 g/mol. The van der Waals surface area contributed by atoms with Gasteiger partial charge in [0.1, 0.15) is 5.75 Å². The average molecular weight is 497 g/mol. The lowest BCUT2D eigenvalue weighted by molar-refractivity contribution is -0.123. The van der Waals surface area contributed by atoms with Gasteiger partial charge in [-0.1, -0.05) is 31.9 Å². The summed E-state index contributed by atoms with van der Waals surface area (Å²) in [4.78, 5) is 23.8. The Morgan fingerprint density at radius 2 is 1.70 bits per heavy atom. The second kappa shape index (κ2) is 10.2. The molecule has 0 fully saturated rings. The molecule has 2 aromatic rings. The summed E-state index contributed by atoms with van der Waals surface area (Å²) in [7, 11) is 0. The highest BCUT2D eigenvalue weighted by atomic mass is 79.9. The number of hydrazone groups is 1. The molecule has 2 rings (SSSR count). The predicted molar refractivity (Wildman–Crippen MR) is 113 cm³/mol. The Morgan fingerprint density at radius 1 is 1.04 bits per heavy atom. The van der Waals surface area contributed by atoms with Crippen molar-refractivity contribution in [3.05, 3.63) is 57.0 Å². The number of carbonyl (C=O) groups is 2. The molecule has 142 valence electrons. The number of nitrogens with one attached hydrogen (secondary N) is 2. The van der Waals surface area contributed by atoms with Gasteiger partial charge in [-0.15, -0.1) is 0 Å². The summed E-state index contributed by atoms with van der Waals surface area (Å²) in [5.41, 5.74) is 4.48. The highest BCUT2D eigenvalue weighted by Crippen LogP contribution is 2.22. The molecule has 0 saturated heterocycles. The quantitative estimate of drug-likeness (QED) is 0.439. The molecule has 2 aromatic carbocycles. The topological polar surface area (TPSA) is 79.8 Å². The smallest absolute Gasteiger partial charge is 0.277 e. The lowest BCUT2D eigenvalue weighted by atomic mass is 10.2. The van der Waals surface area contributed by atoms with E-state index in [1.54, 1.807) is 25.1 Å². The standard InChI is InChI=1S/C19H19Br2N3O3/c1-12-9-15(21)5-8-17(12)27-11-19(26)24-23-13(2)10-18(25)22-16-6-3-14(20)4-7-16/h3-9H,10-11H2,1-2H3,(H,22,25)(H,24,26). The third-order valence-corrected chi connectivity index (χ3v) is 4.43. The molecule has 2 amide bonds. The molecule has 0 atom stereocenters. The summed E-state index contributed by atoms with van der Waals surface area (Å²) >= 11 is 6.71. The summed E-state index contributed by atoms with van der Waals surface area (Å²) in [6.07, 6.45) is 0.0724. The fourth-order valence-corrected chi connectivity index (χ4v) is 2.86. The largest absolute Gasteiger partial charge is 0.483 e. The summed E-state index contributed by atoms with van der Waals surface area (Å²) < 4.78 is 7.35. The van der Waals surface area contributed by atoms with Gasteiger partial charge < -0.3 is 10.1 Å². The molecular formula is C19H19Br2N3O3. The number of amides is 2. The molecule has 0 spiro atoms. The minimum Gasteiger partial charge on any atom is -0.483 e. The third-order valence-electron chi connectivity index (χ3n) is 3.41. The van der Waals surface area contributed by atoms with Gasteiger partial charge in [0, 0.05) is 20.3 Å². The van der Waals surface area contributed by atoms with Crippen molar-refractivity contribution < 1.29 is 14.3 Å². The zero-order valence-corrected chi connectivity index (χ0v) is 18.1. The number of aryl methyl sites for hydroxylation is 1. The zero-order chi connectivity index (χ0) is 19.8. The van der Waals surface area contributed by atoms with Gasteiger partial charge in [0.05, 0.1) is 6.42 Å². The Balaban J connectivity index is 1.77. The number of nitrogens with zero attached hydrogens (tertiary/aromatic N) is 1. The fourth-order valence-electron chi connectivity index (χ4n) is 2.12. The normalized spacial score (nSPS) is 11.0. The number of carbonyl (C=O) groups excluding carboxylic acids is 2. The van der Waals surface area contributed by atoms with Crippen LogP contribution in [0, 0.1) is 6.92 Å². The van der Waals surface area contributed by atoms with Crippen molar-refractivity contribution in [2.75, 3.05) is 11.9 Å². The lowest BCUT2D eigenvalue weighted by Gasteiger charge is -2.09. The number of hydrogen-bond acceptors (Lipinski definition) is 4. The molecule has 0 unspecified atom stereocenters. The van der Waals surface area contributed by atoms with Crippen LogP contribution in [0.15, 0.2) is 56.5 Å². The average Bonchev–Trinajstić information content (AvgIpc) is 2.61. The Kier molecular flexibility index (Phi) is 7.99. The van der Waals surface area contributed by atoms with Crippen molar-refractivity contribution >= 4 is 55.1 Å². The second-order valence-electron chi connectivity index (χ2n) is 5.81. The van der Waals surface area contributed by atoms with E-state index in [1.807, 2.05) is 31.2 Å². The van der Waals surface area contributed by atoms with Crippen LogP contribution in [-0.2, 0) is 9.59 Å². The van der Waals surface area contributed by atoms with Crippen LogP contribution in [0.3, 0.4) is 0 Å². The van der Waals surface area contributed by atoms with Gasteiger partial charge in [-0.25, -0.2) is 5.43 Å². The molecule has 27 heavy (non-hydrogen) atoms. The zero-order valence-electron chi connectivity index (χ0n) is 14.9. The van der Waals surface area contributed by atoms with Crippen molar-refractivity contribution in [1.29, 1.82) is 0 Å². The maximum atomic E-state index is 12.0. The van der Waals surface area contributed by atoms with Crippen LogP contribution in [0.4, 0.5) is 5.69 Å². The van der Waals surface area contributed by atoms with Crippen LogP contribution in [0.2, 0.25) is 0 Å². The van der Waals surface area contributed by atoms with Gasteiger partial charge in [0.25, 0.3) is 5.91 Å². The molecule has 0 aromatic heterocycles. The van der Waals surface area contributed by atoms with E-state index in [9.17, 15) is 9.59 Å². The van der Waals surface area contributed by atoms with Gasteiger partial charge in [-0.05, 0) is 61.9 Å². The van der Waals surface area contributed by atoms with Crippen LogP contribution in [0.5, 0.6) is 5.75 Å². The number of rotatable bonds is 7. The van der Waals surface area contributed by atoms with Crippen molar-refractivity contribution in [1.82, 2.24) is 5.43 Å². The first-order valence-corrected chi connectivity index (χ1v) is 9.68. The molecular weight excluding hydrogens is 478 g/mol. The van der Waals surface area contributed by atoms with E-state index in [0.717, 1.165) is 14.5 Å². The fraction of sp³-hybridized carbons (Fsp3) is 0.211. The summed E-state index contributed by atoms with van der Waals surface area (Å²) in [5, 5.41) is 6.69. The Bertz CT molecular complexity index is 852. The van der Waals surface area contributed by atoms with E-state index in [0.29, 0.717) is 17.1 Å². The molecule has 0 aliphatic rings. The van der Waals surface area contributed by atoms with E-state index in [2.05, 4.69) is 47.7 Å². The van der Waals surface area contributed by atoms with Crippen molar-refractivity contribution in [2.24, 2.45) is 5.10 Å². The molecule has 2 N–H and O–H groups in total. The van der Waals surface area contributed by atoms with Gasteiger partial charge in [-0.3, -0.25) is 9.59 Å². The molecule has 0 heterocycles. The van der Waals surface area contributed by atoms with E-state index in [4.69, 9.17) is 4.74 Å². The van der Waals surface area contributed by atoms with Crippen molar-refractivity contribution in [3.63, 3.8) is 0 Å². The van der Waals surface area contributed by atoms with Gasteiger partial charge in [0.15, 0.2) is 6.61 Å². The molecule has 0 bridgehead atoms. The first-order chi connectivity index (χ1) is 12.8. The highest BCUT2D eigenvalue weighted by Gasteiger charge is 2.07. The van der Waals surface area contributed by atoms with Crippen LogP contribution in [-0.4, -0.2) is 24.1 Å². The van der Waals surface area contributed by atoms with E-state index in [-0.39, 0.29) is 18.9 Å². The lowest BCUT2D eigenvalue weighted by Crippen LogP contribution is -2.26. The van der Waals surface area contributed by atoms with Crippen LogP contribution in [0.25, 0.3) is 0 Å². The van der Waals surface area contributed by atoms with Gasteiger partial charge in [-0.2, -0.15) is 5.10 Å². The Morgan fingerprint density at radius 3 is 2.37 bits per heavy atom. The molecule has 6 nitrogen and oxygen atoms in total. The number of hydrogen-bond donors (Lipinski definition) is 2. The number of benzene rings is 2. The van der Waals surface area contributed by atoms with Crippen LogP contribution < -0.4 is 15.5 Å². The maximum Gasteiger partial charge on any atom is 0.277 e. The van der Waals surface area contributed by atoms with Crippen LogP contribution >= 0.6 is 31.9 Å². The first kappa shape index (κ1) is 21.1. The maximum absolute atomic E-state index is 12.0. The number of halogens is 2. The van der Waals surface area contributed by atoms with E-state index >= 15 is 0 Å². The number of ether oxygens (including phenoxy) is 1. The minimum atomic E-state index is -0.398. The molecule has 0 saturated carbocycles. The molecule has 8 heteroatoms. The second-order valence-corrected chi connectivity index (χ2v) is 7.64. The van der Waals surface area contributed by atoms with E-state index in [1.165, 1.54) is 0 Å². The highest BCUT2D eigenvalue weighted by molar-refractivity contribution is 9.10. The van der Waals surface area contributed by atoms with E-state index < -0.39 is 5.91 Å². The van der Waals surface area contributed by atoms with Crippen LogP contribution in [0.1, 0.15) is 18.9 Å². The predicted octanol–water partition coefficient (Wildman–Crippen LogP) is 4.42. The summed E-state index contributed by atoms with van der Waals surface area (Å²) in [6, 6.07) is 12.8. The Hall–Kier alpha value is -2.19. The summed E-state index contributed by atoms with van der Waals surface area (Å²) in [6.45, 7) is 3.40. The van der Waals surface area contributed by atoms with Crippen molar-refractivity contribution in [2.45, 2.75) is 20.3 Å². The van der Waals surface area contributed by atoms with Gasteiger partial charge in [0.2, 0.25) is 5.91 Å². The molecule has 0 radical (unpaired) electrons. The molecule has 0 aliphatic heterocycles. The minimum absolute atomic E-state index is 0.0724. The Labute approximate surface area is 174 Å².